The lowest BCUT2D eigenvalue weighted by Gasteiger charge is -2.21. The van der Waals surface area contributed by atoms with Crippen LogP contribution in [-0.4, -0.2) is 15.0 Å². The largest absolute Gasteiger partial charge is 0.208 e. The van der Waals surface area contributed by atoms with E-state index in [9.17, 15) is 0 Å². The van der Waals surface area contributed by atoms with Crippen molar-refractivity contribution in [1.29, 1.82) is 0 Å². The molecule has 316 valence electrons. The zero-order chi connectivity index (χ0) is 45.0. The highest BCUT2D eigenvalue weighted by Crippen LogP contribution is 2.39. The summed E-state index contributed by atoms with van der Waals surface area (Å²) < 4.78 is 0. The summed E-state index contributed by atoms with van der Waals surface area (Å²) in [5.41, 5.74) is 24.0. The Labute approximate surface area is 376 Å². The maximum atomic E-state index is 5.31. The molecule has 3 heteroatoms. The molecule has 0 amide bonds. The van der Waals surface area contributed by atoms with Crippen molar-refractivity contribution < 1.29 is 0 Å². The van der Waals surface area contributed by atoms with Crippen LogP contribution in [0.25, 0.3) is 78.7 Å². The van der Waals surface area contributed by atoms with Crippen LogP contribution in [0.2, 0.25) is 0 Å². The smallest absolute Gasteiger partial charge is 0.164 e. The lowest BCUT2D eigenvalue weighted by Crippen LogP contribution is -2.10. The van der Waals surface area contributed by atoms with Gasteiger partial charge in [-0.1, -0.05) is 174 Å². The van der Waals surface area contributed by atoms with Crippen molar-refractivity contribution in [2.75, 3.05) is 0 Å². The van der Waals surface area contributed by atoms with Crippen molar-refractivity contribution in [1.82, 2.24) is 15.0 Å². The summed E-state index contributed by atoms with van der Waals surface area (Å²) in [5.74, 6) is 1.92. The summed E-state index contributed by atoms with van der Waals surface area (Å²) in [6.07, 6.45) is 0. The van der Waals surface area contributed by atoms with E-state index < -0.39 is 0 Å². The lowest BCUT2D eigenvalue weighted by atomic mass is 9.84. The molecule has 1 aromatic heterocycles. The zero-order valence-corrected chi connectivity index (χ0v) is 39.5. The van der Waals surface area contributed by atoms with Crippen molar-refractivity contribution in [2.45, 2.75) is 101 Å². The lowest BCUT2D eigenvalue weighted by molar-refractivity contribution is 0.590. The summed E-state index contributed by atoms with van der Waals surface area (Å²) in [4.78, 5) is 15.8. The highest BCUT2D eigenvalue weighted by atomic mass is 15.0. The summed E-state index contributed by atoms with van der Waals surface area (Å²) in [6.45, 7) is 28.9. The SMILES string of the molecule is Cc1cc(C)c(-c2ccc(-c3nc(-c4ccc(-c5c(C)cc(C)cc5C)cc4)nc(-c4cc(-c5ccc(C(C)(C)C)cc5)c(C)c(-c5ccc(C(C)(C)C)cc5)c4)n3)cc2)c(C)c1. The Hall–Kier alpha value is -6.45. The highest BCUT2D eigenvalue weighted by molar-refractivity contribution is 5.85. The van der Waals surface area contributed by atoms with Crippen LogP contribution in [0.5, 0.6) is 0 Å². The van der Waals surface area contributed by atoms with Crippen molar-refractivity contribution in [2.24, 2.45) is 0 Å². The Balaban J connectivity index is 1.32. The van der Waals surface area contributed by atoms with Gasteiger partial charge in [-0.2, -0.15) is 0 Å². The molecule has 3 nitrogen and oxygen atoms in total. The van der Waals surface area contributed by atoms with Crippen LogP contribution in [0.3, 0.4) is 0 Å². The van der Waals surface area contributed by atoms with Crippen LogP contribution in [-0.2, 0) is 10.8 Å². The monoisotopic (exact) mass is 823 g/mol. The minimum atomic E-state index is 0.0546. The molecule has 0 atom stereocenters. The molecular formula is C60H61N3. The molecule has 0 aliphatic rings. The van der Waals surface area contributed by atoms with Crippen molar-refractivity contribution >= 4 is 0 Å². The van der Waals surface area contributed by atoms with E-state index in [1.165, 1.54) is 83.5 Å². The van der Waals surface area contributed by atoms with Crippen LogP contribution < -0.4 is 0 Å². The molecule has 0 fully saturated rings. The molecule has 0 saturated carbocycles. The number of rotatable bonds is 7. The Morgan fingerprint density at radius 2 is 0.571 bits per heavy atom. The molecule has 1 heterocycles. The van der Waals surface area contributed by atoms with E-state index in [0.29, 0.717) is 17.5 Å². The number of benzene rings is 7. The van der Waals surface area contributed by atoms with Crippen LogP contribution >= 0.6 is 0 Å². The second kappa shape index (κ2) is 16.7. The number of aryl methyl sites for hydroxylation is 6. The third kappa shape index (κ3) is 8.93. The molecule has 8 rings (SSSR count). The van der Waals surface area contributed by atoms with E-state index in [2.05, 4.69) is 223 Å². The molecule has 0 spiro atoms. The van der Waals surface area contributed by atoms with Gasteiger partial charge in [-0.3, -0.25) is 0 Å². The van der Waals surface area contributed by atoms with Gasteiger partial charge in [0, 0.05) is 16.7 Å². The van der Waals surface area contributed by atoms with Gasteiger partial charge in [0.1, 0.15) is 0 Å². The van der Waals surface area contributed by atoms with Gasteiger partial charge in [-0.25, -0.2) is 15.0 Å². The second-order valence-corrected chi connectivity index (χ2v) is 19.9. The van der Waals surface area contributed by atoms with E-state index in [4.69, 9.17) is 15.0 Å². The third-order valence-electron chi connectivity index (χ3n) is 12.6. The van der Waals surface area contributed by atoms with E-state index >= 15 is 0 Å². The number of aromatic nitrogens is 3. The minimum absolute atomic E-state index is 0.0546. The minimum Gasteiger partial charge on any atom is -0.208 e. The van der Waals surface area contributed by atoms with Gasteiger partial charge >= 0.3 is 0 Å². The topological polar surface area (TPSA) is 38.7 Å². The fourth-order valence-corrected chi connectivity index (χ4v) is 9.35. The number of nitrogens with zero attached hydrogens (tertiary/aromatic N) is 3. The van der Waals surface area contributed by atoms with E-state index in [0.717, 1.165) is 27.8 Å². The zero-order valence-electron chi connectivity index (χ0n) is 39.5. The Morgan fingerprint density at radius 3 is 0.873 bits per heavy atom. The van der Waals surface area contributed by atoms with Gasteiger partial charge in [0.25, 0.3) is 0 Å². The van der Waals surface area contributed by atoms with Gasteiger partial charge in [-0.05, 0) is 155 Å². The van der Waals surface area contributed by atoms with Gasteiger partial charge in [0.2, 0.25) is 0 Å². The van der Waals surface area contributed by atoms with Crippen LogP contribution in [0.1, 0.15) is 91.6 Å². The number of hydrogen-bond acceptors (Lipinski definition) is 3. The first-order chi connectivity index (χ1) is 29.8. The molecule has 0 radical (unpaired) electrons. The molecule has 63 heavy (non-hydrogen) atoms. The summed E-state index contributed by atoms with van der Waals surface area (Å²) >= 11 is 0. The third-order valence-corrected chi connectivity index (χ3v) is 12.6. The van der Waals surface area contributed by atoms with Crippen molar-refractivity contribution in [3.8, 4) is 78.7 Å². The quantitative estimate of drug-likeness (QED) is 0.161. The first-order valence-electron chi connectivity index (χ1n) is 22.3. The Morgan fingerprint density at radius 1 is 0.302 bits per heavy atom. The molecule has 7 aromatic carbocycles. The molecule has 0 unspecified atom stereocenters. The van der Waals surface area contributed by atoms with E-state index in [1.807, 2.05) is 0 Å². The molecule has 8 aromatic rings. The normalized spacial score (nSPS) is 11.9. The molecule has 0 aliphatic heterocycles. The predicted molar refractivity (Wildman–Crippen MR) is 268 cm³/mol. The highest BCUT2D eigenvalue weighted by Gasteiger charge is 2.20. The maximum absolute atomic E-state index is 5.31. The second-order valence-electron chi connectivity index (χ2n) is 19.9. The van der Waals surface area contributed by atoms with Gasteiger partial charge in [-0.15, -0.1) is 0 Å². The standard InChI is InChI=1S/C60H61N3/c1-36-30-38(3)54(39(4)31-36)45-14-18-47(19-15-45)56-61-57(48-20-16-46(17-21-48)55-40(5)32-37(2)33-41(55)6)63-58(62-56)49-34-52(43-22-26-50(27-23-43)59(8,9)10)42(7)53(35-49)44-24-28-51(29-25-44)60(11,12)13/h14-35H,1-13H3. The first kappa shape index (κ1) is 43.2. The first-order valence-corrected chi connectivity index (χ1v) is 22.3. The fraction of sp³-hybridized carbons (Fsp3) is 0.250. The van der Waals surface area contributed by atoms with E-state index in [-0.39, 0.29) is 10.8 Å². The summed E-state index contributed by atoms with van der Waals surface area (Å²) in [5, 5.41) is 0. The summed E-state index contributed by atoms with van der Waals surface area (Å²) in [7, 11) is 0. The van der Waals surface area contributed by atoms with Crippen LogP contribution in [0.15, 0.2) is 133 Å². The Kier molecular flexibility index (Phi) is 11.4. The van der Waals surface area contributed by atoms with Gasteiger partial charge < -0.3 is 0 Å². The van der Waals surface area contributed by atoms with Crippen molar-refractivity contribution in [3.63, 3.8) is 0 Å². The molecule has 0 saturated heterocycles. The Bertz CT molecular complexity index is 2730. The van der Waals surface area contributed by atoms with Crippen LogP contribution in [0, 0.1) is 48.5 Å². The average molecular weight is 824 g/mol. The molecule has 0 N–H and O–H groups in total. The van der Waals surface area contributed by atoms with Crippen LogP contribution in [0.4, 0.5) is 0 Å². The average Bonchev–Trinajstić information content (AvgIpc) is 3.23. The molecule has 0 aliphatic carbocycles. The fourth-order valence-electron chi connectivity index (χ4n) is 9.35. The number of hydrogen-bond donors (Lipinski definition) is 0. The van der Waals surface area contributed by atoms with E-state index in [1.54, 1.807) is 0 Å². The van der Waals surface area contributed by atoms with Gasteiger partial charge in [0.05, 0.1) is 0 Å². The summed E-state index contributed by atoms with van der Waals surface area (Å²) in [6, 6.07) is 49.2. The predicted octanol–water partition coefficient (Wildman–Crippen LogP) is 16.3. The van der Waals surface area contributed by atoms with Gasteiger partial charge in [0.15, 0.2) is 17.5 Å². The van der Waals surface area contributed by atoms with Crippen molar-refractivity contribution in [3.05, 3.63) is 184 Å². The molecular weight excluding hydrogens is 763 g/mol. The molecule has 0 bridgehead atoms. The maximum Gasteiger partial charge on any atom is 0.164 e.